The number of aromatic amines is 1. The van der Waals surface area contributed by atoms with Crippen molar-refractivity contribution in [1.29, 1.82) is 0 Å². The molecule has 0 saturated heterocycles. The molecule has 0 aliphatic rings. The summed E-state index contributed by atoms with van der Waals surface area (Å²) in [5, 5.41) is 4.28. The van der Waals surface area contributed by atoms with Crippen molar-refractivity contribution in [3.63, 3.8) is 0 Å². The number of carbonyl (C=O) groups excluding carboxylic acids is 1. The molecule has 2 N–H and O–H groups in total. The van der Waals surface area contributed by atoms with E-state index >= 15 is 0 Å². The number of nitrogens with zero attached hydrogens (tertiary/aromatic N) is 2. The third-order valence-electron chi connectivity index (χ3n) is 5.47. The SMILES string of the molecule is O=C(Nc1ccccc1N=Cc1ccc(Cl)cc1)c1[nH]c(-c2ccc(Cl)cc2)nc1-c1ccccc1. The van der Waals surface area contributed by atoms with Gasteiger partial charge in [-0.05, 0) is 54.1 Å². The van der Waals surface area contributed by atoms with E-state index in [9.17, 15) is 4.79 Å². The lowest BCUT2D eigenvalue weighted by Gasteiger charge is -2.08. The van der Waals surface area contributed by atoms with Gasteiger partial charge in [0.25, 0.3) is 5.91 Å². The van der Waals surface area contributed by atoms with Crippen LogP contribution in [0.4, 0.5) is 11.4 Å². The van der Waals surface area contributed by atoms with E-state index in [1.54, 1.807) is 30.5 Å². The Balaban J connectivity index is 1.48. The van der Waals surface area contributed by atoms with Crippen LogP contribution in [-0.4, -0.2) is 22.1 Å². The Hall–Kier alpha value is -4.19. The lowest BCUT2D eigenvalue weighted by Crippen LogP contribution is -2.13. The summed E-state index contributed by atoms with van der Waals surface area (Å²) >= 11 is 12.0. The molecular formula is C29H20Cl2N4O. The molecule has 5 aromatic rings. The molecule has 5 nitrogen and oxygen atoms in total. The molecule has 0 bridgehead atoms. The Bertz CT molecular complexity index is 1530. The predicted molar refractivity (Wildman–Crippen MR) is 148 cm³/mol. The maximum atomic E-state index is 13.5. The molecule has 7 heteroatoms. The molecule has 0 aliphatic heterocycles. The molecule has 1 heterocycles. The molecule has 36 heavy (non-hydrogen) atoms. The van der Waals surface area contributed by atoms with Crippen LogP contribution in [0.25, 0.3) is 22.6 Å². The van der Waals surface area contributed by atoms with Crippen LogP contribution in [0, 0.1) is 0 Å². The number of hydrogen-bond acceptors (Lipinski definition) is 3. The fourth-order valence-electron chi connectivity index (χ4n) is 3.66. The zero-order chi connectivity index (χ0) is 24.9. The van der Waals surface area contributed by atoms with Crippen LogP contribution in [0.1, 0.15) is 16.1 Å². The van der Waals surface area contributed by atoms with Gasteiger partial charge in [-0.1, -0.05) is 77.8 Å². The number of aliphatic imine (C=N–C) groups is 1. The Labute approximate surface area is 218 Å². The van der Waals surface area contributed by atoms with Crippen molar-refractivity contribution in [2.45, 2.75) is 0 Å². The van der Waals surface area contributed by atoms with Gasteiger partial charge in [0.05, 0.1) is 11.4 Å². The highest BCUT2D eigenvalue weighted by molar-refractivity contribution is 6.30. The van der Waals surface area contributed by atoms with Gasteiger partial charge in [-0.25, -0.2) is 4.98 Å². The Morgan fingerprint density at radius 1 is 0.778 bits per heavy atom. The molecule has 0 aliphatic carbocycles. The van der Waals surface area contributed by atoms with Gasteiger partial charge in [0, 0.05) is 27.4 Å². The lowest BCUT2D eigenvalue weighted by atomic mass is 10.1. The van der Waals surface area contributed by atoms with Crippen LogP contribution in [0.5, 0.6) is 0 Å². The van der Waals surface area contributed by atoms with E-state index in [-0.39, 0.29) is 5.91 Å². The average Bonchev–Trinajstić information content (AvgIpc) is 3.36. The van der Waals surface area contributed by atoms with Crippen molar-refractivity contribution in [2.75, 3.05) is 5.32 Å². The number of anilines is 1. The fraction of sp³-hybridized carbons (Fsp3) is 0. The van der Waals surface area contributed by atoms with E-state index in [4.69, 9.17) is 28.2 Å². The van der Waals surface area contributed by atoms with Gasteiger partial charge in [0.1, 0.15) is 17.2 Å². The van der Waals surface area contributed by atoms with Crippen molar-refractivity contribution in [3.8, 4) is 22.6 Å². The number of nitrogens with one attached hydrogen (secondary N) is 2. The maximum Gasteiger partial charge on any atom is 0.274 e. The maximum absolute atomic E-state index is 13.5. The number of imidazole rings is 1. The van der Waals surface area contributed by atoms with Crippen molar-refractivity contribution in [2.24, 2.45) is 4.99 Å². The van der Waals surface area contributed by atoms with Crippen LogP contribution >= 0.6 is 23.2 Å². The summed E-state index contributed by atoms with van der Waals surface area (Å²) in [5.41, 5.74) is 4.65. The van der Waals surface area contributed by atoms with Crippen LogP contribution in [0.15, 0.2) is 108 Å². The first-order valence-corrected chi connectivity index (χ1v) is 11.9. The summed E-state index contributed by atoms with van der Waals surface area (Å²) in [6.45, 7) is 0. The number of amides is 1. The smallest absolute Gasteiger partial charge is 0.274 e. The molecule has 0 fully saturated rings. The quantitative estimate of drug-likeness (QED) is 0.227. The van der Waals surface area contributed by atoms with Crippen LogP contribution in [-0.2, 0) is 0 Å². The number of H-pyrrole nitrogens is 1. The molecule has 0 atom stereocenters. The third kappa shape index (κ3) is 5.38. The highest BCUT2D eigenvalue weighted by Crippen LogP contribution is 2.29. The molecule has 0 unspecified atom stereocenters. The minimum atomic E-state index is -0.323. The highest BCUT2D eigenvalue weighted by atomic mass is 35.5. The van der Waals surface area contributed by atoms with Crippen LogP contribution in [0.2, 0.25) is 10.0 Å². The Morgan fingerprint density at radius 3 is 2.14 bits per heavy atom. The molecule has 0 spiro atoms. The normalized spacial score (nSPS) is 11.1. The first kappa shape index (κ1) is 23.5. The molecule has 1 amide bonds. The van der Waals surface area contributed by atoms with Gasteiger partial charge < -0.3 is 10.3 Å². The van der Waals surface area contributed by atoms with E-state index in [1.165, 1.54) is 0 Å². The van der Waals surface area contributed by atoms with E-state index in [1.807, 2.05) is 78.9 Å². The number of benzene rings is 4. The molecule has 0 saturated carbocycles. The van der Waals surface area contributed by atoms with Crippen molar-refractivity contribution >= 4 is 46.7 Å². The van der Waals surface area contributed by atoms with Crippen molar-refractivity contribution in [1.82, 2.24) is 9.97 Å². The van der Waals surface area contributed by atoms with Crippen LogP contribution < -0.4 is 5.32 Å². The fourth-order valence-corrected chi connectivity index (χ4v) is 3.91. The second-order valence-corrected chi connectivity index (χ2v) is 8.84. The summed E-state index contributed by atoms with van der Waals surface area (Å²) in [6.07, 6.45) is 1.73. The van der Waals surface area contributed by atoms with Gasteiger partial charge >= 0.3 is 0 Å². The number of aromatic nitrogens is 2. The number of hydrogen-bond donors (Lipinski definition) is 2. The first-order valence-electron chi connectivity index (χ1n) is 11.2. The van der Waals surface area contributed by atoms with E-state index in [2.05, 4.69) is 15.3 Å². The Kier molecular flexibility index (Phi) is 6.94. The van der Waals surface area contributed by atoms with E-state index < -0.39 is 0 Å². The van der Waals surface area contributed by atoms with Crippen LogP contribution in [0.3, 0.4) is 0 Å². The zero-order valence-corrected chi connectivity index (χ0v) is 20.5. The summed E-state index contributed by atoms with van der Waals surface area (Å²) in [6, 6.07) is 31.6. The molecular weight excluding hydrogens is 491 g/mol. The molecule has 1 aromatic heterocycles. The van der Waals surface area contributed by atoms with Gasteiger partial charge in [-0.15, -0.1) is 0 Å². The van der Waals surface area contributed by atoms with Crippen molar-refractivity contribution in [3.05, 3.63) is 124 Å². The van der Waals surface area contributed by atoms with E-state index in [0.29, 0.717) is 38.6 Å². The molecule has 4 aromatic carbocycles. The van der Waals surface area contributed by atoms with Gasteiger partial charge in [0.2, 0.25) is 0 Å². The lowest BCUT2D eigenvalue weighted by molar-refractivity contribution is 0.102. The van der Waals surface area contributed by atoms with Crippen molar-refractivity contribution < 1.29 is 4.79 Å². The van der Waals surface area contributed by atoms with Gasteiger partial charge in [0.15, 0.2) is 0 Å². The average molecular weight is 511 g/mol. The summed E-state index contributed by atoms with van der Waals surface area (Å²) in [7, 11) is 0. The second kappa shape index (κ2) is 10.6. The third-order valence-corrected chi connectivity index (χ3v) is 5.97. The standard InChI is InChI=1S/C29H20Cl2N4O/c30-22-14-10-19(11-15-22)18-32-24-8-4-5-9-25(24)33-29(36)27-26(20-6-2-1-3-7-20)34-28(35-27)21-12-16-23(31)17-13-21/h1-18H,(H,33,36)(H,34,35). The number of halogens is 2. The largest absolute Gasteiger partial charge is 0.333 e. The molecule has 5 rings (SSSR count). The topological polar surface area (TPSA) is 70.1 Å². The predicted octanol–water partition coefficient (Wildman–Crippen LogP) is 8.05. The summed E-state index contributed by atoms with van der Waals surface area (Å²) in [4.78, 5) is 26.0. The molecule has 176 valence electrons. The Morgan fingerprint density at radius 2 is 1.42 bits per heavy atom. The summed E-state index contributed by atoms with van der Waals surface area (Å²) in [5.74, 6) is 0.250. The first-order chi connectivity index (χ1) is 17.6. The van der Waals surface area contributed by atoms with E-state index in [0.717, 1.165) is 16.7 Å². The second-order valence-electron chi connectivity index (χ2n) is 7.96. The number of para-hydroxylation sites is 2. The highest BCUT2D eigenvalue weighted by Gasteiger charge is 2.20. The monoisotopic (exact) mass is 510 g/mol. The van der Waals surface area contributed by atoms with Gasteiger partial charge in [-0.3, -0.25) is 9.79 Å². The zero-order valence-electron chi connectivity index (χ0n) is 19.0. The van der Waals surface area contributed by atoms with Gasteiger partial charge in [-0.2, -0.15) is 0 Å². The number of rotatable bonds is 6. The minimum Gasteiger partial charge on any atom is -0.333 e. The number of carbonyl (C=O) groups is 1. The minimum absolute atomic E-state index is 0.323. The molecule has 0 radical (unpaired) electrons. The summed E-state index contributed by atoms with van der Waals surface area (Å²) < 4.78 is 0.